The Hall–Kier alpha value is -0.980. The van der Waals surface area contributed by atoms with Gasteiger partial charge in [-0.1, -0.05) is 34.6 Å². The van der Waals surface area contributed by atoms with Gasteiger partial charge in [0.15, 0.2) is 5.78 Å². The van der Waals surface area contributed by atoms with Gasteiger partial charge in [0.25, 0.3) is 0 Å². The monoisotopic (exact) mass is 426 g/mol. The van der Waals surface area contributed by atoms with Crippen LogP contribution in [-0.4, -0.2) is 67.2 Å². The Morgan fingerprint density at radius 1 is 1.00 bits per heavy atom. The molecule has 1 atom stereocenters. The Kier molecular flexibility index (Phi) is 9.97. The van der Waals surface area contributed by atoms with Crippen LogP contribution in [-0.2, 0) is 19.1 Å². The van der Waals surface area contributed by atoms with E-state index in [1.54, 1.807) is 0 Å². The van der Waals surface area contributed by atoms with Crippen LogP contribution in [0.25, 0.3) is 0 Å². The van der Waals surface area contributed by atoms with Crippen molar-refractivity contribution in [1.82, 2.24) is 10.2 Å². The molecule has 176 valence electrons. The lowest BCUT2D eigenvalue weighted by Crippen LogP contribution is -2.46. The summed E-state index contributed by atoms with van der Waals surface area (Å²) >= 11 is 0. The zero-order chi connectivity index (χ0) is 23.2. The molecule has 0 bridgehead atoms. The molecule has 1 rings (SSSR count). The molecule has 6 heteroatoms. The van der Waals surface area contributed by atoms with Crippen molar-refractivity contribution in [2.24, 2.45) is 17.3 Å². The van der Waals surface area contributed by atoms with Crippen molar-refractivity contribution in [1.29, 1.82) is 0 Å². The molecule has 0 aliphatic carbocycles. The molecule has 1 fully saturated rings. The lowest BCUT2D eigenvalue weighted by atomic mass is 9.78. The fourth-order valence-corrected chi connectivity index (χ4v) is 3.12. The number of hydrogen-bond acceptors (Lipinski definition) is 6. The van der Waals surface area contributed by atoms with Gasteiger partial charge in [-0.25, -0.2) is 0 Å². The first-order chi connectivity index (χ1) is 13.7. The summed E-state index contributed by atoms with van der Waals surface area (Å²) in [6.45, 7) is 23.0. The lowest BCUT2D eigenvalue weighted by molar-refractivity contribution is -0.170. The van der Waals surface area contributed by atoms with Crippen LogP contribution in [0.15, 0.2) is 0 Å². The van der Waals surface area contributed by atoms with Gasteiger partial charge < -0.3 is 19.7 Å². The first kappa shape index (κ1) is 27.1. The predicted octanol–water partition coefficient (Wildman–Crippen LogP) is 3.68. The maximum atomic E-state index is 12.7. The molecular weight excluding hydrogens is 380 g/mol. The van der Waals surface area contributed by atoms with Gasteiger partial charge in [-0.15, -0.1) is 0 Å². The molecule has 0 radical (unpaired) electrons. The highest BCUT2D eigenvalue weighted by atomic mass is 16.6. The van der Waals surface area contributed by atoms with E-state index in [4.69, 9.17) is 9.47 Å². The van der Waals surface area contributed by atoms with E-state index in [-0.39, 0.29) is 23.1 Å². The van der Waals surface area contributed by atoms with Gasteiger partial charge in [0.1, 0.15) is 11.2 Å². The quantitative estimate of drug-likeness (QED) is 0.480. The van der Waals surface area contributed by atoms with Crippen molar-refractivity contribution in [2.45, 2.75) is 86.4 Å². The van der Waals surface area contributed by atoms with Gasteiger partial charge >= 0.3 is 5.97 Å². The van der Waals surface area contributed by atoms with Crippen molar-refractivity contribution in [2.75, 3.05) is 39.3 Å². The molecule has 6 nitrogen and oxygen atoms in total. The predicted molar refractivity (Wildman–Crippen MR) is 122 cm³/mol. The van der Waals surface area contributed by atoms with Crippen LogP contribution in [0, 0.1) is 17.3 Å². The third-order valence-electron chi connectivity index (χ3n) is 6.96. The molecule has 1 N–H and O–H groups in total. The molecule has 0 amide bonds. The smallest absolute Gasteiger partial charge is 0.306 e. The van der Waals surface area contributed by atoms with Crippen LogP contribution >= 0.6 is 0 Å². The standard InChI is InChI=1S/C24H46N2O4/c1-18(2)22(4,5)16-21(28)30-23(6,7)19(3)17-29-24(8,9)20(27)10-13-26-14-11-25-12-15-26/h18-19,25H,10-17H2,1-9H3. The highest BCUT2D eigenvalue weighted by molar-refractivity contribution is 5.86. The molecular formula is C24H46N2O4. The van der Waals surface area contributed by atoms with E-state index in [1.807, 2.05) is 34.6 Å². The zero-order valence-electron chi connectivity index (χ0n) is 20.9. The summed E-state index contributed by atoms with van der Waals surface area (Å²) < 4.78 is 11.9. The fourth-order valence-electron chi connectivity index (χ4n) is 3.12. The van der Waals surface area contributed by atoms with E-state index in [0.29, 0.717) is 25.4 Å². The molecule has 1 heterocycles. The van der Waals surface area contributed by atoms with Gasteiger partial charge in [-0.2, -0.15) is 0 Å². The highest BCUT2D eigenvalue weighted by Crippen LogP contribution is 2.32. The van der Waals surface area contributed by atoms with Crippen LogP contribution in [0.3, 0.4) is 0 Å². The molecule has 1 saturated heterocycles. The lowest BCUT2D eigenvalue weighted by Gasteiger charge is -2.36. The molecule has 0 aromatic carbocycles. The van der Waals surface area contributed by atoms with Crippen LogP contribution < -0.4 is 5.32 Å². The Balaban J connectivity index is 2.51. The second kappa shape index (κ2) is 11.1. The summed E-state index contributed by atoms with van der Waals surface area (Å²) in [5.41, 5.74) is -1.61. The summed E-state index contributed by atoms with van der Waals surface area (Å²) in [6, 6.07) is 0. The number of ether oxygens (including phenoxy) is 2. The Morgan fingerprint density at radius 2 is 1.57 bits per heavy atom. The Bertz CT molecular complexity index is 564. The number of carbonyl (C=O) groups is 2. The third kappa shape index (κ3) is 8.64. The number of hydrogen-bond donors (Lipinski definition) is 1. The van der Waals surface area contributed by atoms with Crippen molar-refractivity contribution >= 4 is 11.8 Å². The van der Waals surface area contributed by atoms with Gasteiger partial charge in [-0.3, -0.25) is 9.59 Å². The maximum absolute atomic E-state index is 12.7. The second-order valence-corrected chi connectivity index (χ2v) is 10.9. The van der Waals surface area contributed by atoms with E-state index >= 15 is 0 Å². The SMILES string of the molecule is CC(C)C(C)(C)CC(=O)OC(C)(C)C(C)COC(C)(C)C(=O)CCN1CCNCC1. The number of carbonyl (C=O) groups excluding carboxylic acids is 2. The van der Waals surface area contributed by atoms with Crippen molar-refractivity contribution in [3.05, 3.63) is 0 Å². The molecule has 1 aliphatic heterocycles. The molecule has 0 spiro atoms. The van der Waals surface area contributed by atoms with Gasteiger partial charge in [0, 0.05) is 45.1 Å². The normalized spacial score (nSPS) is 17.8. The van der Waals surface area contributed by atoms with Crippen LogP contribution in [0.5, 0.6) is 0 Å². The third-order valence-corrected chi connectivity index (χ3v) is 6.96. The average molecular weight is 427 g/mol. The number of nitrogens with one attached hydrogen (secondary N) is 1. The summed E-state index contributed by atoms with van der Waals surface area (Å²) in [5.74, 6) is 0.282. The van der Waals surface area contributed by atoms with Gasteiger partial charge in [-0.05, 0) is 39.0 Å². The number of ketones is 1. The summed E-state index contributed by atoms with van der Waals surface area (Å²) in [4.78, 5) is 27.5. The highest BCUT2D eigenvalue weighted by Gasteiger charge is 2.36. The Labute approximate surface area is 184 Å². The average Bonchev–Trinajstić information content (AvgIpc) is 2.63. The number of Topliss-reactive ketones (excluding diaryl/α,β-unsaturated/α-hetero) is 1. The summed E-state index contributed by atoms with van der Waals surface area (Å²) in [5, 5.41) is 3.32. The number of nitrogens with zero attached hydrogens (tertiary/aromatic N) is 1. The van der Waals surface area contributed by atoms with E-state index in [0.717, 1.165) is 32.7 Å². The minimum absolute atomic E-state index is 0.0381. The first-order valence-electron chi connectivity index (χ1n) is 11.5. The fraction of sp³-hybridized carbons (Fsp3) is 0.917. The van der Waals surface area contributed by atoms with Crippen molar-refractivity contribution in [3.63, 3.8) is 0 Å². The van der Waals surface area contributed by atoms with Crippen LogP contribution in [0.1, 0.15) is 75.2 Å². The first-order valence-corrected chi connectivity index (χ1v) is 11.5. The van der Waals surface area contributed by atoms with Crippen molar-refractivity contribution < 1.29 is 19.1 Å². The van der Waals surface area contributed by atoms with Crippen LogP contribution in [0.2, 0.25) is 0 Å². The molecule has 0 aromatic heterocycles. The van der Waals surface area contributed by atoms with E-state index in [9.17, 15) is 9.59 Å². The topological polar surface area (TPSA) is 67.9 Å². The summed E-state index contributed by atoms with van der Waals surface area (Å²) in [7, 11) is 0. The molecule has 30 heavy (non-hydrogen) atoms. The van der Waals surface area contributed by atoms with Gasteiger partial charge in [0.2, 0.25) is 0 Å². The van der Waals surface area contributed by atoms with E-state index in [2.05, 4.69) is 37.9 Å². The minimum Gasteiger partial charge on any atom is -0.459 e. The van der Waals surface area contributed by atoms with E-state index in [1.165, 1.54) is 0 Å². The number of rotatable bonds is 12. The van der Waals surface area contributed by atoms with Crippen LogP contribution in [0.4, 0.5) is 0 Å². The number of piperazine rings is 1. The molecule has 1 unspecified atom stereocenters. The van der Waals surface area contributed by atoms with Gasteiger partial charge in [0.05, 0.1) is 13.0 Å². The van der Waals surface area contributed by atoms with E-state index < -0.39 is 11.2 Å². The number of esters is 1. The maximum Gasteiger partial charge on any atom is 0.306 e. The molecule has 0 aromatic rings. The Morgan fingerprint density at radius 3 is 2.10 bits per heavy atom. The zero-order valence-corrected chi connectivity index (χ0v) is 20.9. The van der Waals surface area contributed by atoms with Crippen molar-refractivity contribution in [3.8, 4) is 0 Å². The molecule has 1 aliphatic rings. The largest absolute Gasteiger partial charge is 0.459 e. The second-order valence-electron chi connectivity index (χ2n) is 10.9. The minimum atomic E-state index is -0.845. The molecule has 0 saturated carbocycles. The summed E-state index contributed by atoms with van der Waals surface area (Å²) in [6.07, 6.45) is 0.877.